The third kappa shape index (κ3) is 3.63. The Morgan fingerprint density at radius 3 is 2.65 bits per heavy atom. The maximum Gasteiger partial charge on any atom is 0.236 e. The summed E-state index contributed by atoms with van der Waals surface area (Å²) in [7, 11) is 0. The summed E-state index contributed by atoms with van der Waals surface area (Å²) in [6.07, 6.45) is 3.37. The molecule has 0 spiro atoms. The Kier molecular flexibility index (Phi) is 4.84. The van der Waals surface area contributed by atoms with Crippen LogP contribution in [0.5, 0.6) is 11.5 Å². The summed E-state index contributed by atoms with van der Waals surface area (Å²) in [5, 5.41) is 22.2. The zero-order valence-electron chi connectivity index (χ0n) is 11.8. The highest BCUT2D eigenvalue weighted by Crippen LogP contribution is 2.27. The lowest BCUT2D eigenvalue weighted by Gasteiger charge is -2.27. The van der Waals surface area contributed by atoms with E-state index in [-0.39, 0.29) is 30.0 Å². The average Bonchev–Trinajstić information content (AvgIpc) is 2.45. The molecule has 1 unspecified atom stereocenters. The van der Waals surface area contributed by atoms with Crippen molar-refractivity contribution in [1.82, 2.24) is 10.2 Å². The Morgan fingerprint density at radius 1 is 1.30 bits per heavy atom. The molecular formula is C15H22N2O3. The van der Waals surface area contributed by atoms with Crippen LogP contribution in [0.25, 0.3) is 0 Å². The lowest BCUT2D eigenvalue weighted by Crippen LogP contribution is -2.41. The van der Waals surface area contributed by atoms with Crippen molar-refractivity contribution < 1.29 is 15.0 Å². The topological polar surface area (TPSA) is 72.8 Å². The number of nitrogens with one attached hydrogen (secondary N) is 1. The van der Waals surface area contributed by atoms with Gasteiger partial charge in [0.2, 0.25) is 5.91 Å². The number of benzene rings is 1. The largest absolute Gasteiger partial charge is 0.508 e. The van der Waals surface area contributed by atoms with Crippen LogP contribution in [-0.4, -0.2) is 40.7 Å². The minimum Gasteiger partial charge on any atom is -0.508 e. The predicted molar refractivity (Wildman–Crippen MR) is 76.6 cm³/mol. The molecule has 1 saturated heterocycles. The van der Waals surface area contributed by atoms with Crippen molar-refractivity contribution in [1.29, 1.82) is 0 Å². The Balaban J connectivity index is 1.87. The van der Waals surface area contributed by atoms with E-state index in [1.54, 1.807) is 6.07 Å². The molecular weight excluding hydrogens is 256 g/mol. The molecule has 5 nitrogen and oxygen atoms in total. The van der Waals surface area contributed by atoms with Gasteiger partial charge in [-0.15, -0.1) is 0 Å². The number of nitrogens with zero attached hydrogens (tertiary/aromatic N) is 1. The number of rotatable bonds is 4. The van der Waals surface area contributed by atoms with Crippen molar-refractivity contribution in [2.45, 2.75) is 32.2 Å². The molecule has 2 rings (SSSR count). The predicted octanol–water partition coefficient (Wildman–Crippen LogP) is 1.76. The Hall–Kier alpha value is -1.75. The monoisotopic (exact) mass is 278 g/mol. The quantitative estimate of drug-likeness (QED) is 0.784. The highest BCUT2D eigenvalue weighted by molar-refractivity contribution is 5.78. The van der Waals surface area contributed by atoms with Crippen LogP contribution in [0.1, 0.15) is 37.8 Å². The van der Waals surface area contributed by atoms with Crippen LogP contribution < -0.4 is 5.32 Å². The van der Waals surface area contributed by atoms with Gasteiger partial charge in [-0.1, -0.05) is 6.07 Å². The van der Waals surface area contributed by atoms with Crippen LogP contribution in [0.15, 0.2) is 18.2 Å². The molecule has 0 aromatic heterocycles. The van der Waals surface area contributed by atoms with Crippen LogP contribution in [0, 0.1) is 0 Å². The lowest BCUT2D eigenvalue weighted by atomic mass is 10.1. The van der Waals surface area contributed by atoms with Crippen molar-refractivity contribution >= 4 is 5.91 Å². The van der Waals surface area contributed by atoms with Gasteiger partial charge in [-0.05, 0) is 32.3 Å². The van der Waals surface area contributed by atoms with Gasteiger partial charge in [-0.2, -0.15) is 0 Å². The summed E-state index contributed by atoms with van der Waals surface area (Å²) >= 11 is 0. The smallest absolute Gasteiger partial charge is 0.236 e. The number of amides is 1. The zero-order valence-corrected chi connectivity index (χ0v) is 11.8. The van der Waals surface area contributed by atoms with E-state index in [0.717, 1.165) is 25.9 Å². The number of piperidine rings is 1. The molecule has 0 aliphatic carbocycles. The van der Waals surface area contributed by atoms with E-state index in [0.29, 0.717) is 5.56 Å². The normalized spacial score (nSPS) is 16.9. The highest BCUT2D eigenvalue weighted by Gasteiger charge is 2.18. The number of likely N-dealkylation sites (tertiary alicyclic amines) is 1. The van der Waals surface area contributed by atoms with Gasteiger partial charge in [-0.3, -0.25) is 4.79 Å². The van der Waals surface area contributed by atoms with Crippen LogP contribution in [0.4, 0.5) is 0 Å². The van der Waals surface area contributed by atoms with Gasteiger partial charge in [0.25, 0.3) is 0 Å². The molecule has 1 aromatic carbocycles. The molecule has 1 atom stereocenters. The van der Waals surface area contributed by atoms with E-state index in [4.69, 9.17) is 0 Å². The summed E-state index contributed by atoms with van der Waals surface area (Å²) in [5.74, 6) is 0.174. The van der Waals surface area contributed by atoms with Gasteiger partial charge in [0.1, 0.15) is 11.5 Å². The third-order valence-corrected chi connectivity index (χ3v) is 3.75. The van der Waals surface area contributed by atoms with Gasteiger partial charge >= 0.3 is 0 Å². The molecule has 1 amide bonds. The molecule has 0 bridgehead atoms. The van der Waals surface area contributed by atoms with Gasteiger partial charge in [0.15, 0.2) is 0 Å². The van der Waals surface area contributed by atoms with Crippen molar-refractivity contribution in [3.63, 3.8) is 0 Å². The zero-order chi connectivity index (χ0) is 14.5. The highest BCUT2D eigenvalue weighted by atomic mass is 16.3. The number of carbonyl (C=O) groups is 1. The van der Waals surface area contributed by atoms with Crippen LogP contribution in [0.2, 0.25) is 0 Å². The molecule has 0 saturated carbocycles. The first kappa shape index (κ1) is 14.7. The third-order valence-electron chi connectivity index (χ3n) is 3.75. The van der Waals surface area contributed by atoms with Crippen LogP contribution in [-0.2, 0) is 4.79 Å². The summed E-state index contributed by atoms with van der Waals surface area (Å²) in [4.78, 5) is 13.9. The number of hydrogen-bond acceptors (Lipinski definition) is 4. The number of carbonyl (C=O) groups excluding carboxylic acids is 1. The van der Waals surface area contributed by atoms with Crippen LogP contribution in [0.3, 0.4) is 0 Å². The molecule has 1 aromatic rings. The first-order chi connectivity index (χ1) is 9.58. The first-order valence-electron chi connectivity index (χ1n) is 7.11. The molecule has 1 aliphatic heterocycles. The number of phenolic OH excluding ortho intramolecular Hbond substituents is 2. The Morgan fingerprint density at radius 2 is 2.00 bits per heavy atom. The Bertz CT molecular complexity index is 470. The first-order valence-corrected chi connectivity index (χ1v) is 7.11. The van der Waals surface area contributed by atoms with E-state index in [1.165, 1.54) is 18.6 Å². The fourth-order valence-corrected chi connectivity index (χ4v) is 2.50. The minimum atomic E-state index is -0.149. The standard InChI is InChI=1S/C15H22N2O3/c1-11(13-6-5-12(18)9-14(13)19)16-10-15(20)17-7-3-2-4-8-17/h5-6,9,11,16,18-19H,2-4,7-8,10H2,1H3. The number of phenols is 2. The van der Waals surface area contributed by atoms with E-state index >= 15 is 0 Å². The SMILES string of the molecule is CC(NCC(=O)N1CCCCC1)c1ccc(O)cc1O. The molecule has 0 radical (unpaired) electrons. The lowest BCUT2D eigenvalue weighted by molar-refractivity contribution is -0.131. The van der Waals surface area contributed by atoms with E-state index < -0.39 is 0 Å². The van der Waals surface area contributed by atoms with E-state index in [1.807, 2.05) is 11.8 Å². The van der Waals surface area contributed by atoms with Gasteiger partial charge in [-0.25, -0.2) is 0 Å². The molecule has 1 aliphatic rings. The second-order valence-corrected chi connectivity index (χ2v) is 5.29. The molecule has 1 heterocycles. The Labute approximate surface area is 119 Å². The average molecular weight is 278 g/mol. The van der Waals surface area contributed by atoms with Crippen LogP contribution >= 0.6 is 0 Å². The summed E-state index contributed by atoms with van der Waals surface area (Å²) in [6, 6.07) is 4.34. The molecule has 1 fully saturated rings. The minimum absolute atomic E-state index is 0.0304. The van der Waals surface area contributed by atoms with Crippen molar-refractivity contribution in [2.24, 2.45) is 0 Å². The van der Waals surface area contributed by atoms with Gasteiger partial charge in [0.05, 0.1) is 6.54 Å². The fraction of sp³-hybridized carbons (Fsp3) is 0.533. The second-order valence-electron chi connectivity index (χ2n) is 5.29. The molecule has 3 N–H and O–H groups in total. The van der Waals surface area contributed by atoms with Gasteiger partial charge in [0, 0.05) is 30.8 Å². The second kappa shape index (κ2) is 6.61. The molecule has 110 valence electrons. The maximum atomic E-state index is 12.0. The summed E-state index contributed by atoms with van der Waals surface area (Å²) in [6.45, 7) is 3.84. The van der Waals surface area contributed by atoms with E-state index in [2.05, 4.69) is 5.32 Å². The van der Waals surface area contributed by atoms with E-state index in [9.17, 15) is 15.0 Å². The molecule has 5 heteroatoms. The van der Waals surface area contributed by atoms with Gasteiger partial charge < -0.3 is 20.4 Å². The number of aromatic hydroxyl groups is 2. The maximum absolute atomic E-state index is 12.0. The summed E-state index contributed by atoms with van der Waals surface area (Å²) in [5.41, 5.74) is 0.675. The summed E-state index contributed by atoms with van der Waals surface area (Å²) < 4.78 is 0. The fourth-order valence-electron chi connectivity index (χ4n) is 2.50. The van der Waals surface area contributed by atoms with Crippen molar-refractivity contribution in [3.8, 4) is 11.5 Å². The van der Waals surface area contributed by atoms with Crippen molar-refractivity contribution in [2.75, 3.05) is 19.6 Å². The molecule has 20 heavy (non-hydrogen) atoms. The number of hydrogen-bond donors (Lipinski definition) is 3. The van der Waals surface area contributed by atoms with Crippen molar-refractivity contribution in [3.05, 3.63) is 23.8 Å².